The second-order valence-electron chi connectivity index (χ2n) is 6.00. The number of carbonyl (C=O) groups excluding carboxylic acids is 1. The molecular weight excluding hydrogens is 362 g/mol. The fraction of sp³-hybridized carbons (Fsp3) is 0.158. The van der Waals surface area contributed by atoms with Gasteiger partial charge >= 0.3 is 6.18 Å². The number of nitrogens with two attached hydrogens (primary N) is 1. The highest BCUT2D eigenvalue weighted by Crippen LogP contribution is 2.29. The summed E-state index contributed by atoms with van der Waals surface area (Å²) in [5, 5.41) is 2.98. The Kier molecular flexibility index (Phi) is 5.09. The van der Waals surface area contributed by atoms with E-state index in [0.29, 0.717) is 27.6 Å². The molecule has 0 spiro atoms. The van der Waals surface area contributed by atoms with Crippen LogP contribution in [0.15, 0.2) is 48.5 Å². The van der Waals surface area contributed by atoms with E-state index in [4.69, 9.17) is 5.73 Å². The highest BCUT2D eigenvalue weighted by molar-refractivity contribution is 6.00. The number of nitrogens with one attached hydrogen (secondary N) is 1. The van der Waals surface area contributed by atoms with Gasteiger partial charge in [-0.2, -0.15) is 13.2 Å². The van der Waals surface area contributed by atoms with Crippen molar-refractivity contribution < 1.29 is 22.4 Å². The third-order valence-electron chi connectivity index (χ3n) is 3.94. The molecule has 0 saturated heterocycles. The Morgan fingerprint density at radius 2 is 1.78 bits per heavy atom. The number of alkyl halides is 3. The van der Waals surface area contributed by atoms with E-state index in [1.54, 1.807) is 30.3 Å². The molecule has 0 unspecified atom stereocenters. The molecule has 1 aromatic heterocycles. The molecule has 0 aliphatic rings. The van der Waals surface area contributed by atoms with Crippen LogP contribution in [0.4, 0.5) is 17.6 Å². The Morgan fingerprint density at radius 3 is 2.41 bits per heavy atom. The average molecular weight is 377 g/mol. The molecule has 0 bridgehead atoms. The van der Waals surface area contributed by atoms with Crippen molar-refractivity contribution in [2.45, 2.75) is 12.7 Å². The van der Waals surface area contributed by atoms with Crippen molar-refractivity contribution in [1.29, 1.82) is 0 Å². The van der Waals surface area contributed by atoms with Crippen LogP contribution >= 0.6 is 0 Å². The van der Waals surface area contributed by atoms with Gasteiger partial charge in [-0.1, -0.05) is 24.3 Å². The van der Waals surface area contributed by atoms with E-state index in [2.05, 4.69) is 10.3 Å². The van der Waals surface area contributed by atoms with Crippen LogP contribution in [0.2, 0.25) is 0 Å². The molecule has 1 amide bonds. The van der Waals surface area contributed by atoms with Crippen LogP contribution in [0.5, 0.6) is 0 Å². The van der Waals surface area contributed by atoms with Gasteiger partial charge in [0, 0.05) is 11.9 Å². The minimum atomic E-state index is -4.30. The molecule has 0 atom stereocenters. The summed E-state index contributed by atoms with van der Waals surface area (Å²) in [5.41, 5.74) is 7.64. The fourth-order valence-electron chi connectivity index (χ4n) is 2.73. The van der Waals surface area contributed by atoms with E-state index in [1.165, 1.54) is 18.2 Å². The van der Waals surface area contributed by atoms with Crippen LogP contribution in [0.3, 0.4) is 0 Å². The second kappa shape index (κ2) is 7.32. The molecule has 0 radical (unpaired) electrons. The molecule has 0 saturated carbocycles. The third kappa shape index (κ3) is 4.59. The fourth-order valence-corrected chi connectivity index (χ4v) is 2.73. The van der Waals surface area contributed by atoms with E-state index in [1.807, 2.05) is 0 Å². The number of rotatable bonds is 5. The molecule has 1 heterocycles. The van der Waals surface area contributed by atoms with Gasteiger partial charge in [0.1, 0.15) is 11.5 Å². The lowest BCUT2D eigenvalue weighted by Crippen LogP contribution is -2.28. The van der Waals surface area contributed by atoms with Crippen molar-refractivity contribution >= 4 is 16.8 Å². The Hall–Kier alpha value is -3.00. The molecule has 8 heteroatoms. The lowest BCUT2D eigenvalue weighted by Gasteiger charge is -2.11. The number of hydrogen-bond donors (Lipinski definition) is 2. The topological polar surface area (TPSA) is 68.0 Å². The first kappa shape index (κ1) is 18.8. The van der Waals surface area contributed by atoms with E-state index >= 15 is 0 Å². The maximum atomic E-state index is 13.2. The lowest BCUT2D eigenvalue weighted by atomic mass is 9.98. The van der Waals surface area contributed by atoms with Crippen molar-refractivity contribution in [3.05, 3.63) is 65.6 Å². The van der Waals surface area contributed by atoms with Crippen molar-refractivity contribution in [1.82, 2.24) is 10.3 Å². The standard InChI is InChI=1S/C19H15F4N3O/c20-13-4-2-12(3-5-13)15-8-17(18(24)27)26-16-7-11(1-6-14(15)16)9-25-10-19(21,22)23/h1-8,25H,9-10H2,(H2,24,27). The summed E-state index contributed by atoms with van der Waals surface area (Å²) in [6.07, 6.45) is -4.30. The number of pyridine rings is 1. The monoisotopic (exact) mass is 377 g/mol. The number of aromatic nitrogens is 1. The van der Waals surface area contributed by atoms with Crippen LogP contribution in [0.1, 0.15) is 16.1 Å². The molecule has 27 heavy (non-hydrogen) atoms. The predicted molar refractivity (Wildman–Crippen MR) is 93.4 cm³/mol. The summed E-state index contributed by atoms with van der Waals surface area (Å²) >= 11 is 0. The summed E-state index contributed by atoms with van der Waals surface area (Å²) in [4.78, 5) is 15.8. The Morgan fingerprint density at radius 1 is 1.07 bits per heavy atom. The maximum Gasteiger partial charge on any atom is 0.401 e. The van der Waals surface area contributed by atoms with Crippen LogP contribution in [0, 0.1) is 5.82 Å². The number of nitrogens with zero attached hydrogens (tertiary/aromatic N) is 1. The van der Waals surface area contributed by atoms with E-state index < -0.39 is 24.4 Å². The van der Waals surface area contributed by atoms with Crippen molar-refractivity contribution in [2.75, 3.05) is 6.54 Å². The normalized spacial score (nSPS) is 11.7. The van der Waals surface area contributed by atoms with Gasteiger partial charge in [-0.25, -0.2) is 9.37 Å². The van der Waals surface area contributed by atoms with Crippen LogP contribution in [0.25, 0.3) is 22.0 Å². The largest absolute Gasteiger partial charge is 0.401 e. The predicted octanol–water partition coefficient (Wildman–Crippen LogP) is 3.79. The Balaban J connectivity index is 2.02. The maximum absolute atomic E-state index is 13.2. The number of hydrogen-bond acceptors (Lipinski definition) is 3. The first-order chi connectivity index (χ1) is 12.7. The van der Waals surface area contributed by atoms with Gasteiger partial charge in [-0.15, -0.1) is 0 Å². The lowest BCUT2D eigenvalue weighted by molar-refractivity contribution is -0.125. The zero-order valence-electron chi connectivity index (χ0n) is 14.0. The van der Waals surface area contributed by atoms with Gasteiger partial charge in [0.2, 0.25) is 0 Å². The number of fused-ring (bicyclic) bond motifs is 1. The van der Waals surface area contributed by atoms with Crippen LogP contribution in [-0.2, 0) is 6.54 Å². The first-order valence-corrected chi connectivity index (χ1v) is 8.00. The summed E-state index contributed by atoms with van der Waals surface area (Å²) in [5.74, 6) is -1.13. The van der Waals surface area contributed by atoms with Gasteiger partial charge in [0.05, 0.1) is 12.1 Å². The van der Waals surface area contributed by atoms with Gasteiger partial charge in [-0.3, -0.25) is 4.79 Å². The highest BCUT2D eigenvalue weighted by Gasteiger charge is 2.26. The van der Waals surface area contributed by atoms with Gasteiger partial charge < -0.3 is 11.1 Å². The SMILES string of the molecule is NC(=O)c1cc(-c2ccc(F)cc2)c2ccc(CNCC(F)(F)F)cc2n1. The number of primary amides is 1. The number of halogens is 4. The molecular formula is C19H15F4N3O. The minimum Gasteiger partial charge on any atom is -0.364 e. The van der Waals surface area contributed by atoms with Crippen LogP contribution < -0.4 is 11.1 Å². The van der Waals surface area contributed by atoms with Crippen molar-refractivity contribution in [2.24, 2.45) is 5.73 Å². The molecule has 2 aromatic carbocycles. The molecule has 3 rings (SSSR count). The third-order valence-corrected chi connectivity index (χ3v) is 3.94. The zero-order valence-corrected chi connectivity index (χ0v) is 14.0. The molecule has 0 fully saturated rings. The summed E-state index contributed by atoms with van der Waals surface area (Å²) in [7, 11) is 0. The second-order valence-corrected chi connectivity index (χ2v) is 6.00. The molecule has 3 aromatic rings. The summed E-state index contributed by atoms with van der Waals surface area (Å²) < 4.78 is 50.0. The Labute approximate surface area is 152 Å². The smallest absolute Gasteiger partial charge is 0.364 e. The van der Waals surface area contributed by atoms with E-state index in [9.17, 15) is 22.4 Å². The molecule has 0 aliphatic heterocycles. The minimum absolute atomic E-state index is 0.0101. The average Bonchev–Trinajstić information content (AvgIpc) is 2.60. The van der Waals surface area contributed by atoms with Gasteiger partial charge in [0.15, 0.2) is 0 Å². The molecule has 4 nitrogen and oxygen atoms in total. The number of benzene rings is 2. The highest BCUT2D eigenvalue weighted by atomic mass is 19.4. The first-order valence-electron chi connectivity index (χ1n) is 8.00. The quantitative estimate of drug-likeness (QED) is 0.665. The molecule has 140 valence electrons. The number of amides is 1. The van der Waals surface area contributed by atoms with E-state index in [-0.39, 0.29) is 12.2 Å². The molecule has 3 N–H and O–H groups in total. The van der Waals surface area contributed by atoms with Crippen molar-refractivity contribution in [3.8, 4) is 11.1 Å². The van der Waals surface area contributed by atoms with Crippen molar-refractivity contribution in [3.63, 3.8) is 0 Å². The number of carbonyl (C=O) groups is 1. The zero-order chi connectivity index (χ0) is 19.6. The van der Waals surface area contributed by atoms with E-state index in [0.717, 1.165) is 0 Å². The van der Waals surface area contributed by atoms with Crippen LogP contribution in [-0.4, -0.2) is 23.6 Å². The van der Waals surface area contributed by atoms with Gasteiger partial charge in [0.25, 0.3) is 5.91 Å². The summed E-state index contributed by atoms with van der Waals surface area (Å²) in [6, 6.07) is 12.2. The summed E-state index contributed by atoms with van der Waals surface area (Å²) in [6.45, 7) is -1.12. The molecule has 0 aliphatic carbocycles. The van der Waals surface area contributed by atoms with Gasteiger partial charge in [-0.05, 0) is 41.0 Å². The Bertz CT molecular complexity index is 985.